The zero-order valence-electron chi connectivity index (χ0n) is 28.8. The van der Waals surface area contributed by atoms with E-state index in [1.165, 1.54) is 0 Å². The molecule has 2 aliphatic heterocycles. The van der Waals surface area contributed by atoms with E-state index in [-0.39, 0.29) is 49.3 Å². The first-order chi connectivity index (χ1) is 18.9. The molecule has 0 aromatic rings. The summed E-state index contributed by atoms with van der Waals surface area (Å²) in [4.78, 5) is 25.5. The normalized spacial score (nSPS) is 24.5. The van der Waals surface area contributed by atoms with Crippen LogP contribution in [-0.2, 0) is 28.7 Å². The van der Waals surface area contributed by atoms with Crippen molar-refractivity contribution < 1.29 is 38.9 Å². The number of carbonyl (C=O) groups excluding carboxylic acids is 1. The molecule has 0 aliphatic carbocycles. The quantitative estimate of drug-likeness (QED) is 0.205. The van der Waals surface area contributed by atoms with Gasteiger partial charge in [0.1, 0.15) is 12.9 Å². The van der Waals surface area contributed by atoms with Crippen LogP contribution in [0.15, 0.2) is 0 Å². The molecule has 1 unspecified atom stereocenters. The minimum Gasteiger partial charge on any atom is -0.460 e. The number of esters is 1. The van der Waals surface area contributed by atoms with Crippen molar-refractivity contribution >= 4 is 5.97 Å². The fourth-order valence-electron chi connectivity index (χ4n) is 6.68. The molecule has 2 aliphatic rings. The maximum absolute atomic E-state index is 13.3. The lowest BCUT2D eigenvalue weighted by atomic mass is 9.80. The number of aliphatic hydroxyl groups is 2. The third kappa shape index (κ3) is 10.9. The Morgan fingerprint density at radius 2 is 1.14 bits per heavy atom. The Hall–Kier alpha value is -0.850. The average Bonchev–Trinajstić information content (AvgIpc) is 2.73. The molecule has 42 heavy (non-hydrogen) atoms. The van der Waals surface area contributed by atoms with Crippen LogP contribution in [0.2, 0.25) is 0 Å². The summed E-state index contributed by atoms with van der Waals surface area (Å²) < 4.78 is 18.3. The van der Waals surface area contributed by atoms with Crippen LogP contribution in [0, 0.1) is 0 Å². The number of rotatable bonds is 14. The third-order valence-corrected chi connectivity index (χ3v) is 7.87. The summed E-state index contributed by atoms with van der Waals surface area (Å²) in [5.41, 5.74) is -3.35. The molecule has 1 atom stereocenters. The highest BCUT2D eigenvalue weighted by molar-refractivity contribution is 5.74. The van der Waals surface area contributed by atoms with Gasteiger partial charge in [-0.25, -0.2) is 4.79 Å². The van der Waals surface area contributed by atoms with Gasteiger partial charge in [-0.1, -0.05) is 13.3 Å². The minimum atomic E-state index is -0.949. The van der Waals surface area contributed by atoms with Gasteiger partial charge in [-0.15, -0.1) is 0 Å². The molecular formula is C32H62N2O8. The number of carbonyl (C=O) groups is 1. The van der Waals surface area contributed by atoms with Gasteiger partial charge in [0.25, 0.3) is 0 Å². The molecule has 0 radical (unpaired) electrons. The molecule has 10 heteroatoms. The smallest absolute Gasteiger partial charge is 0.335 e. The van der Waals surface area contributed by atoms with Crippen molar-refractivity contribution in [2.75, 3.05) is 20.0 Å². The summed E-state index contributed by atoms with van der Waals surface area (Å²) in [6.45, 7) is 26.0. The van der Waals surface area contributed by atoms with Gasteiger partial charge < -0.3 is 24.4 Å². The van der Waals surface area contributed by atoms with Gasteiger partial charge in [0.2, 0.25) is 0 Å². The highest BCUT2D eigenvalue weighted by Gasteiger charge is 2.49. The maximum atomic E-state index is 13.3. The van der Waals surface area contributed by atoms with E-state index in [2.05, 4.69) is 55.4 Å². The van der Waals surface area contributed by atoms with Crippen LogP contribution >= 0.6 is 0 Å². The van der Waals surface area contributed by atoms with Crippen molar-refractivity contribution in [3.05, 3.63) is 0 Å². The summed E-state index contributed by atoms with van der Waals surface area (Å²) in [5.74, 6) is -0.363. The molecule has 0 aromatic heterocycles. The number of ether oxygens (including phenoxy) is 3. The van der Waals surface area contributed by atoms with Crippen molar-refractivity contribution in [3.8, 4) is 0 Å². The fourth-order valence-corrected chi connectivity index (χ4v) is 6.68. The first kappa shape index (κ1) is 37.3. The maximum Gasteiger partial charge on any atom is 0.335 e. The van der Waals surface area contributed by atoms with E-state index < -0.39 is 28.4 Å². The van der Waals surface area contributed by atoms with E-state index in [4.69, 9.17) is 23.9 Å². The van der Waals surface area contributed by atoms with Gasteiger partial charge in [-0.05, 0) is 102 Å². The Kier molecular flexibility index (Phi) is 12.1. The number of hydrogen-bond acceptors (Lipinski definition) is 10. The van der Waals surface area contributed by atoms with Crippen LogP contribution in [-0.4, -0.2) is 98.0 Å². The highest BCUT2D eigenvalue weighted by Crippen LogP contribution is 2.41. The van der Waals surface area contributed by atoms with E-state index in [0.717, 1.165) is 6.42 Å². The van der Waals surface area contributed by atoms with Crippen LogP contribution < -0.4 is 0 Å². The SMILES string of the molecule is CCCC(OCOC1CC(C)(C)N(OCC(C)(C)O)C(C)(C)C1)C(=O)OC1CC(C)(C)N(OCC(C)(C)O)C(C)(C)C1. The first-order valence-corrected chi connectivity index (χ1v) is 15.6. The van der Waals surface area contributed by atoms with E-state index in [0.29, 0.717) is 32.1 Å². The standard InChI is InChI=1S/C32H62N2O8/c1-14-15-25(26(35)42-24-18-29(6,7)34(30(8,9)19-24)41-21-32(12,13)37)39-22-38-23-16-27(2,3)33(28(4,5)17-23)40-20-31(10,11)36/h23-25,36-37H,14-22H2,1-13H3. The van der Waals surface area contributed by atoms with Crippen LogP contribution in [0.1, 0.15) is 129 Å². The Balaban J connectivity index is 1.97. The van der Waals surface area contributed by atoms with Crippen molar-refractivity contribution in [1.82, 2.24) is 10.1 Å². The lowest BCUT2D eigenvalue weighted by Gasteiger charge is -2.54. The van der Waals surface area contributed by atoms with Gasteiger partial charge in [0, 0.05) is 35.0 Å². The van der Waals surface area contributed by atoms with Crippen LogP contribution in [0.5, 0.6) is 0 Å². The Morgan fingerprint density at radius 3 is 1.50 bits per heavy atom. The molecule has 10 nitrogen and oxygen atoms in total. The first-order valence-electron chi connectivity index (χ1n) is 15.6. The number of piperidine rings is 2. The number of hydroxylamine groups is 4. The number of hydrogen-bond donors (Lipinski definition) is 2. The monoisotopic (exact) mass is 602 g/mol. The highest BCUT2D eigenvalue weighted by atomic mass is 16.7. The Morgan fingerprint density at radius 1 is 0.762 bits per heavy atom. The zero-order chi connectivity index (χ0) is 32.4. The molecular weight excluding hydrogens is 540 g/mol. The van der Waals surface area contributed by atoms with Gasteiger partial charge in [0.05, 0.1) is 30.5 Å². The lowest BCUT2D eigenvalue weighted by Crippen LogP contribution is -2.63. The molecule has 2 N–H and O–H groups in total. The van der Waals surface area contributed by atoms with E-state index >= 15 is 0 Å². The van der Waals surface area contributed by atoms with E-state index in [9.17, 15) is 15.0 Å². The van der Waals surface area contributed by atoms with Crippen LogP contribution in [0.4, 0.5) is 0 Å². The third-order valence-electron chi connectivity index (χ3n) is 7.87. The van der Waals surface area contributed by atoms with Crippen molar-refractivity contribution in [2.24, 2.45) is 0 Å². The van der Waals surface area contributed by atoms with Crippen molar-refractivity contribution in [2.45, 2.75) is 180 Å². The van der Waals surface area contributed by atoms with Gasteiger partial charge in [0.15, 0.2) is 6.10 Å². The van der Waals surface area contributed by atoms with Crippen LogP contribution in [0.25, 0.3) is 0 Å². The molecule has 2 fully saturated rings. The average molecular weight is 603 g/mol. The summed E-state index contributed by atoms with van der Waals surface area (Å²) in [5, 5.41) is 24.3. The summed E-state index contributed by atoms with van der Waals surface area (Å²) in [7, 11) is 0. The Bertz CT molecular complexity index is 839. The molecule has 0 bridgehead atoms. The zero-order valence-corrected chi connectivity index (χ0v) is 28.8. The van der Waals surface area contributed by atoms with E-state index in [1.807, 2.05) is 17.1 Å². The molecule has 0 saturated carbocycles. The molecule has 0 amide bonds. The summed E-state index contributed by atoms with van der Waals surface area (Å²) >= 11 is 0. The van der Waals surface area contributed by atoms with Crippen LogP contribution in [0.3, 0.4) is 0 Å². The summed E-state index contributed by atoms with van der Waals surface area (Å²) in [6, 6.07) is 0. The molecule has 2 saturated heterocycles. The van der Waals surface area contributed by atoms with E-state index in [1.54, 1.807) is 27.7 Å². The van der Waals surface area contributed by atoms with Gasteiger partial charge in [-0.2, -0.15) is 10.1 Å². The second-order valence-electron chi connectivity index (χ2n) is 16.2. The predicted molar refractivity (Wildman–Crippen MR) is 162 cm³/mol. The van der Waals surface area contributed by atoms with Gasteiger partial charge >= 0.3 is 5.97 Å². The van der Waals surface area contributed by atoms with Gasteiger partial charge in [-0.3, -0.25) is 9.68 Å². The molecule has 248 valence electrons. The largest absolute Gasteiger partial charge is 0.460 e. The molecule has 0 spiro atoms. The lowest BCUT2D eigenvalue weighted by molar-refractivity contribution is -0.312. The molecule has 2 rings (SSSR count). The fraction of sp³-hybridized carbons (Fsp3) is 0.969. The van der Waals surface area contributed by atoms with Crippen molar-refractivity contribution in [1.29, 1.82) is 0 Å². The predicted octanol–water partition coefficient (Wildman–Crippen LogP) is 5.14. The topological polar surface area (TPSA) is 110 Å². The van der Waals surface area contributed by atoms with Crippen molar-refractivity contribution in [3.63, 3.8) is 0 Å². The second-order valence-corrected chi connectivity index (χ2v) is 16.2. The molecule has 0 aromatic carbocycles. The summed E-state index contributed by atoms with van der Waals surface area (Å²) in [6.07, 6.45) is 2.87. The second kappa shape index (κ2) is 13.6. The number of nitrogens with zero attached hydrogens (tertiary/aromatic N) is 2. The minimum absolute atomic E-state index is 0.00133. The Labute approximate surface area is 255 Å². The molecule has 2 heterocycles.